The predicted octanol–water partition coefficient (Wildman–Crippen LogP) is 3.16. The lowest BCUT2D eigenvalue weighted by Crippen LogP contribution is -2.59. The summed E-state index contributed by atoms with van der Waals surface area (Å²) < 4.78 is 12.2. The second kappa shape index (κ2) is 6.09. The maximum absolute atomic E-state index is 11.5. The van der Waals surface area contributed by atoms with Gasteiger partial charge in [0.05, 0.1) is 19.3 Å². The molecule has 5 rings (SSSR count). The zero-order chi connectivity index (χ0) is 19.9. The van der Waals surface area contributed by atoms with Crippen molar-refractivity contribution in [1.82, 2.24) is 0 Å². The van der Waals surface area contributed by atoms with E-state index >= 15 is 0 Å². The van der Waals surface area contributed by atoms with Crippen LogP contribution in [0.5, 0.6) is 0 Å². The first kappa shape index (κ1) is 19.6. The van der Waals surface area contributed by atoms with E-state index in [0.29, 0.717) is 43.8 Å². The van der Waals surface area contributed by atoms with Crippen LogP contribution >= 0.6 is 0 Å². The van der Waals surface area contributed by atoms with Gasteiger partial charge in [-0.25, -0.2) is 0 Å². The largest absolute Gasteiger partial charge is 0.399 e. The second-order valence-corrected chi connectivity index (χ2v) is 11.1. The Labute approximate surface area is 170 Å². The maximum Gasteiger partial charge on any atom is 0.169 e. The van der Waals surface area contributed by atoms with Crippen LogP contribution in [0.25, 0.3) is 0 Å². The summed E-state index contributed by atoms with van der Waals surface area (Å²) >= 11 is 0. The Morgan fingerprint density at radius 1 is 1.11 bits per heavy atom. The Kier molecular flexibility index (Phi) is 4.26. The quantitative estimate of drug-likeness (QED) is 0.537. The number of ether oxygens (including phenoxy) is 2. The molecule has 0 amide bonds. The van der Waals surface area contributed by atoms with Crippen molar-refractivity contribution in [2.45, 2.75) is 83.1 Å². The van der Waals surface area contributed by atoms with Gasteiger partial charge in [0.1, 0.15) is 7.85 Å². The number of aliphatic hydroxyl groups excluding tert-OH is 1. The van der Waals surface area contributed by atoms with Crippen LogP contribution in [-0.2, 0) is 9.47 Å². The van der Waals surface area contributed by atoms with Crippen LogP contribution in [0.1, 0.15) is 65.7 Å². The van der Waals surface area contributed by atoms with Crippen molar-refractivity contribution in [2.24, 2.45) is 34.5 Å². The van der Waals surface area contributed by atoms with Crippen molar-refractivity contribution in [1.29, 1.82) is 0 Å². The molecule has 8 atom stereocenters. The molecule has 1 aliphatic heterocycles. The highest BCUT2D eigenvalue weighted by Gasteiger charge is 2.65. The van der Waals surface area contributed by atoms with Crippen molar-refractivity contribution in [3.05, 3.63) is 11.6 Å². The Hall–Kier alpha value is -0.355. The summed E-state index contributed by atoms with van der Waals surface area (Å²) in [5, 5.41) is 21.9. The highest BCUT2D eigenvalue weighted by atomic mass is 16.7. The van der Waals surface area contributed by atoms with E-state index < -0.39 is 11.3 Å². The molecule has 0 aromatic rings. The molecule has 4 fully saturated rings. The second-order valence-electron chi connectivity index (χ2n) is 11.1. The Morgan fingerprint density at radius 3 is 2.54 bits per heavy atom. The average molecular weight is 386 g/mol. The van der Waals surface area contributed by atoms with E-state index in [2.05, 4.69) is 26.8 Å². The number of aliphatic hydroxyl groups is 2. The van der Waals surface area contributed by atoms with Crippen LogP contribution in [0.3, 0.4) is 0 Å². The summed E-state index contributed by atoms with van der Waals surface area (Å²) in [7, 11) is 6.08. The molecule has 7 unspecified atom stereocenters. The van der Waals surface area contributed by atoms with Gasteiger partial charge in [0.15, 0.2) is 5.79 Å². The van der Waals surface area contributed by atoms with Gasteiger partial charge in [0, 0.05) is 11.4 Å². The minimum Gasteiger partial charge on any atom is -0.399 e. The van der Waals surface area contributed by atoms with Crippen LogP contribution in [0.15, 0.2) is 11.6 Å². The Bertz CT molecular complexity index is 684. The molecular weight excluding hydrogens is 351 g/mol. The summed E-state index contributed by atoms with van der Waals surface area (Å²) in [5.41, 5.74) is 0.190. The number of rotatable bonds is 1. The summed E-state index contributed by atoms with van der Waals surface area (Å²) in [5.74, 6) is 1.17. The van der Waals surface area contributed by atoms with Crippen molar-refractivity contribution in [3.8, 4) is 0 Å². The first-order valence-corrected chi connectivity index (χ1v) is 11.3. The minimum absolute atomic E-state index is 0.0440. The lowest BCUT2D eigenvalue weighted by Gasteiger charge is -2.61. The summed E-state index contributed by atoms with van der Waals surface area (Å²) in [4.78, 5) is 0. The van der Waals surface area contributed by atoms with Gasteiger partial charge in [0.25, 0.3) is 0 Å². The average Bonchev–Trinajstić information content (AvgIpc) is 3.19. The van der Waals surface area contributed by atoms with Crippen LogP contribution in [0, 0.1) is 34.5 Å². The fraction of sp³-hybridized carbons (Fsp3) is 0.913. The highest BCUT2D eigenvalue weighted by Crippen LogP contribution is 2.68. The highest BCUT2D eigenvalue weighted by molar-refractivity contribution is 6.14. The Balaban J connectivity index is 1.49. The first-order chi connectivity index (χ1) is 13.1. The van der Waals surface area contributed by atoms with E-state index in [9.17, 15) is 10.2 Å². The SMILES string of the molecule is [B][C@]1(O)CCC2(C)C(=CCC3C2C(O)CC2(C)C3CCC2C2(C)OCCO2)C1. The number of fused-ring (bicyclic) bond motifs is 5. The van der Waals surface area contributed by atoms with Gasteiger partial charge in [-0.15, -0.1) is 0 Å². The zero-order valence-corrected chi connectivity index (χ0v) is 17.6. The first-order valence-electron chi connectivity index (χ1n) is 11.3. The van der Waals surface area contributed by atoms with E-state index in [-0.39, 0.29) is 22.9 Å². The van der Waals surface area contributed by atoms with Crippen LogP contribution < -0.4 is 0 Å². The topological polar surface area (TPSA) is 58.9 Å². The van der Waals surface area contributed by atoms with Crippen LogP contribution in [0.4, 0.5) is 0 Å². The molecule has 2 N–H and O–H groups in total. The van der Waals surface area contributed by atoms with E-state index in [4.69, 9.17) is 17.3 Å². The molecule has 154 valence electrons. The molecule has 4 aliphatic carbocycles. The molecule has 0 bridgehead atoms. The maximum atomic E-state index is 11.5. The fourth-order valence-corrected chi connectivity index (χ4v) is 8.40. The van der Waals surface area contributed by atoms with Gasteiger partial charge in [-0.1, -0.05) is 25.5 Å². The van der Waals surface area contributed by atoms with Crippen molar-refractivity contribution >= 4 is 7.85 Å². The van der Waals surface area contributed by atoms with Gasteiger partial charge in [-0.3, -0.25) is 0 Å². The third-order valence-electron chi connectivity index (χ3n) is 9.62. The van der Waals surface area contributed by atoms with Gasteiger partial charge in [-0.2, -0.15) is 0 Å². The molecule has 4 nitrogen and oxygen atoms in total. The van der Waals surface area contributed by atoms with E-state index in [1.54, 1.807) is 0 Å². The molecule has 1 heterocycles. The predicted molar refractivity (Wildman–Crippen MR) is 108 cm³/mol. The Morgan fingerprint density at radius 2 is 1.82 bits per heavy atom. The molecule has 0 aromatic heterocycles. The number of hydrogen-bond acceptors (Lipinski definition) is 4. The molecule has 0 aromatic carbocycles. The van der Waals surface area contributed by atoms with Crippen molar-refractivity contribution in [3.63, 3.8) is 0 Å². The van der Waals surface area contributed by atoms with E-state index in [1.807, 2.05) is 0 Å². The smallest absolute Gasteiger partial charge is 0.169 e. The summed E-state index contributed by atoms with van der Waals surface area (Å²) in [6.45, 7) is 8.16. The molecular formula is C23H35BO4. The third kappa shape index (κ3) is 2.58. The molecule has 1 saturated heterocycles. The molecule has 5 aliphatic rings. The summed E-state index contributed by atoms with van der Waals surface area (Å²) in [6.07, 6.45) is 8.17. The lowest BCUT2D eigenvalue weighted by molar-refractivity contribution is -0.223. The van der Waals surface area contributed by atoms with Gasteiger partial charge >= 0.3 is 0 Å². The van der Waals surface area contributed by atoms with E-state index in [1.165, 1.54) is 12.0 Å². The normalized spacial score (nSPS) is 55.2. The molecule has 5 heteroatoms. The lowest BCUT2D eigenvalue weighted by atomic mass is 9.44. The van der Waals surface area contributed by atoms with Gasteiger partial charge in [-0.05, 0) is 80.5 Å². The number of allylic oxidation sites excluding steroid dienone is 1. The minimum atomic E-state index is -1.09. The molecule has 28 heavy (non-hydrogen) atoms. The van der Waals surface area contributed by atoms with Gasteiger partial charge in [0.2, 0.25) is 0 Å². The fourth-order valence-electron chi connectivity index (χ4n) is 8.40. The monoisotopic (exact) mass is 386 g/mol. The standard InChI is InChI=1S/C23H35BO4/c1-20-8-9-23(24,26)12-14(20)4-5-15-16-6-7-18(22(3)27-10-11-28-22)21(16,2)13-17(25)19(15)20/h4,15-19,25-26H,5-13H2,1-3H3/t15?,16?,17?,18?,19?,20?,21?,23-/m0/s1. The molecule has 2 radical (unpaired) electrons. The summed E-state index contributed by atoms with van der Waals surface area (Å²) in [6, 6.07) is 0. The van der Waals surface area contributed by atoms with Gasteiger partial charge < -0.3 is 19.7 Å². The van der Waals surface area contributed by atoms with Crippen molar-refractivity contribution < 1.29 is 19.7 Å². The van der Waals surface area contributed by atoms with Crippen LogP contribution in [-0.4, -0.2) is 48.7 Å². The van der Waals surface area contributed by atoms with Crippen LogP contribution in [0.2, 0.25) is 0 Å². The zero-order valence-electron chi connectivity index (χ0n) is 17.6. The molecule has 0 spiro atoms. The van der Waals surface area contributed by atoms with Crippen molar-refractivity contribution in [2.75, 3.05) is 13.2 Å². The third-order valence-corrected chi connectivity index (χ3v) is 9.62. The molecule has 3 saturated carbocycles. The van der Waals surface area contributed by atoms with E-state index in [0.717, 1.165) is 25.7 Å². The number of hydrogen-bond donors (Lipinski definition) is 2.